The molecule has 2 aromatic rings. The second-order valence-corrected chi connectivity index (χ2v) is 7.79. The van der Waals surface area contributed by atoms with E-state index in [1.54, 1.807) is 30.3 Å². The van der Waals surface area contributed by atoms with Crippen LogP contribution in [0.1, 0.15) is 29.3 Å². The summed E-state index contributed by atoms with van der Waals surface area (Å²) in [5.74, 6) is -4.56. The molecule has 1 aliphatic rings. The summed E-state index contributed by atoms with van der Waals surface area (Å²) in [5, 5.41) is -0.472. The van der Waals surface area contributed by atoms with Crippen LogP contribution in [0.15, 0.2) is 59.5 Å². The van der Waals surface area contributed by atoms with Crippen LogP contribution in [0.25, 0.3) is 0 Å². The van der Waals surface area contributed by atoms with Gasteiger partial charge in [-0.2, -0.15) is 0 Å². The second-order valence-electron chi connectivity index (χ2n) is 6.47. The lowest BCUT2D eigenvalue weighted by molar-refractivity contribution is -0.115. The second kappa shape index (κ2) is 7.16. The van der Waals surface area contributed by atoms with Gasteiger partial charge < -0.3 is 4.74 Å². The summed E-state index contributed by atoms with van der Waals surface area (Å²) in [6.45, 7) is 3.49. The summed E-state index contributed by atoms with van der Waals surface area (Å²) < 4.78 is 34.5. The monoisotopic (exact) mass is 362 g/mol. The van der Waals surface area contributed by atoms with Gasteiger partial charge in [0.2, 0.25) is 0 Å². The molecule has 2 aromatic carbocycles. The lowest BCUT2D eigenvalue weighted by Gasteiger charge is -2.25. The van der Waals surface area contributed by atoms with E-state index in [0.717, 1.165) is 10.5 Å². The minimum atomic E-state index is -3.03. The molecular formula is C20H20F2O2S. The smallest absolute Gasteiger partial charge is 0.338 e. The topological polar surface area (TPSA) is 26.3 Å². The third-order valence-corrected chi connectivity index (χ3v) is 5.80. The summed E-state index contributed by atoms with van der Waals surface area (Å²) in [7, 11) is 0. The van der Waals surface area contributed by atoms with Crippen molar-refractivity contribution < 1.29 is 18.3 Å². The first kappa shape index (κ1) is 17.9. The Morgan fingerprint density at radius 2 is 1.76 bits per heavy atom. The van der Waals surface area contributed by atoms with Gasteiger partial charge in [0.1, 0.15) is 0 Å². The van der Waals surface area contributed by atoms with Gasteiger partial charge in [-0.3, -0.25) is 0 Å². The van der Waals surface area contributed by atoms with Crippen molar-refractivity contribution in [2.45, 2.75) is 42.4 Å². The number of carbonyl (C=O) groups is 1. The molecule has 1 aliphatic carbocycles. The molecule has 3 atom stereocenters. The molecule has 0 heterocycles. The zero-order valence-corrected chi connectivity index (χ0v) is 14.9. The SMILES string of the molecule is Cc1ccc(S[C@@H]2C[C@H](C)C(F)(F)[C@@H]2OC(=O)c2ccccc2)cc1. The molecule has 5 heteroatoms. The highest BCUT2D eigenvalue weighted by atomic mass is 32.2. The van der Waals surface area contributed by atoms with Gasteiger partial charge >= 0.3 is 5.97 Å². The van der Waals surface area contributed by atoms with Crippen molar-refractivity contribution >= 4 is 17.7 Å². The maximum atomic E-state index is 14.6. The predicted molar refractivity (Wildman–Crippen MR) is 95.2 cm³/mol. The summed E-state index contributed by atoms with van der Waals surface area (Å²) in [6.07, 6.45) is -1.13. The molecule has 0 N–H and O–H groups in total. The zero-order chi connectivity index (χ0) is 18.0. The van der Waals surface area contributed by atoms with Crippen molar-refractivity contribution in [1.82, 2.24) is 0 Å². The number of rotatable bonds is 4. The third-order valence-electron chi connectivity index (χ3n) is 4.51. The highest BCUT2D eigenvalue weighted by molar-refractivity contribution is 8.00. The Labute approximate surface area is 150 Å². The van der Waals surface area contributed by atoms with Crippen molar-refractivity contribution in [1.29, 1.82) is 0 Å². The molecule has 0 spiro atoms. The van der Waals surface area contributed by atoms with E-state index in [1.165, 1.54) is 18.7 Å². The number of aryl methyl sites for hydroxylation is 1. The number of carbonyl (C=O) groups excluding carboxylic acids is 1. The molecule has 132 valence electrons. The van der Waals surface area contributed by atoms with Gasteiger partial charge in [-0.1, -0.05) is 42.8 Å². The van der Waals surface area contributed by atoms with E-state index in [-0.39, 0.29) is 5.56 Å². The van der Waals surface area contributed by atoms with Crippen molar-refractivity contribution in [3.05, 3.63) is 65.7 Å². The molecule has 0 amide bonds. The van der Waals surface area contributed by atoms with E-state index in [1.807, 2.05) is 31.2 Å². The molecule has 3 rings (SSSR count). The van der Waals surface area contributed by atoms with Crippen molar-refractivity contribution in [3.8, 4) is 0 Å². The van der Waals surface area contributed by atoms with Gasteiger partial charge in [0.15, 0.2) is 6.10 Å². The fourth-order valence-electron chi connectivity index (χ4n) is 2.97. The van der Waals surface area contributed by atoms with Crippen LogP contribution in [-0.4, -0.2) is 23.2 Å². The molecule has 25 heavy (non-hydrogen) atoms. The van der Waals surface area contributed by atoms with Crippen molar-refractivity contribution in [3.63, 3.8) is 0 Å². The Balaban J connectivity index is 1.79. The maximum absolute atomic E-state index is 14.6. The molecule has 0 unspecified atom stereocenters. The summed E-state index contributed by atoms with van der Waals surface area (Å²) in [5.41, 5.74) is 1.40. The molecule has 1 fully saturated rings. The standard InChI is InChI=1S/C20H20F2O2S/c1-13-8-10-16(11-9-13)25-17-12-14(2)20(21,22)18(17)24-19(23)15-6-4-3-5-7-15/h3-11,14,17-18H,12H2,1-2H3/t14-,17+,18+/m0/s1. The molecule has 0 aromatic heterocycles. The number of halogens is 2. The Kier molecular flexibility index (Phi) is 5.13. The van der Waals surface area contributed by atoms with Crippen molar-refractivity contribution in [2.75, 3.05) is 0 Å². The van der Waals surface area contributed by atoms with Crippen LogP contribution in [0.4, 0.5) is 8.78 Å². The largest absolute Gasteiger partial charge is 0.451 e. The average Bonchev–Trinajstić information content (AvgIpc) is 2.80. The van der Waals surface area contributed by atoms with Gasteiger partial charge in [-0.15, -0.1) is 11.8 Å². The number of hydrogen-bond donors (Lipinski definition) is 0. The number of hydrogen-bond acceptors (Lipinski definition) is 3. The van der Waals surface area contributed by atoms with Crippen LogP contribution in [0.5, 0.6) is 0 Å². The lowest BCUT2D eigenvalue weighted by Crippen LogP contribution is -2.40. The molecular weight excluding hydrogens is 342 g/mol. The third kappa shape index (κ3) is 3.87. The van der Waals surface area contributed by atoms with Crippen LogP contribution < -0.4 is 0 Å². The number of esters is 1. The van der Waals surface area contributed by atoms with E-state index >= 15 is 0 Å². The minimum Gasteiger partial charge on any atom is -0.451 e. The summed E-state index contributed by atoms with van der Waals surface area (Å²) in [4.78, 5) is 13.2. The van der Waals surface area contributed by atoms with Gasteiger partial charge in [0.05, 0.1) is 10.8 Å². The molecule has 0 bridgehead atoms. The van der Waals surface area contributed by atoms with E-state index in [0.29, 0.717) is 6.42 Å². The number of alkyl halides is 2. The highest BCUT2D eigenvalue weighted by Crippen LogP contribution is 2.48. The molecule has 0 saturated heterocycles. The Morgan fingerprint density at radius 1 is 1.12 bits per heavy atom. The fraction of sp³-hybridized carbons (Fsp3) is 0.350. The van der Waals surface area contributed by atoms with Crippen LogP contribution in [0.3, 0.4) is 0 Å². The first-order valence-electron chi connectivity index (χ1n) is 8.25. The van der Waals surface area contributed by atoms with E-state index in [4.69, 9.17) is 4.74 Å². The minimum absolute atomic E-state index is 0.289. The van der Waals surface area contributed by atoms with Crippen LogP contribution in [-0.2, 0) is 4.74 Å². The molecule has 1 saturated carbocycles. The van der Waals surface area contributed by atoms with Gasteiger partial charge in [-0.25, -0.2) is 13.6 Å². The zero-order valence-electron chi connectivity index (χ0n) is 14.1. The first-order valence-corrected chi connectivity index (χ1v) is 9.13. The van der Waals surface area contributed by atoms with Gasteiger partial charge in [-0.05, 0) is 37.6 Å². The normalized spacial score (nSPS) is 24.9. The fourth-order valence-corrected chi connectivity index (χ4v) is 4.36. The van der Waals surface area contributed by atoms with E-state index in [2.05, 4.69) is 0 Å². The highest BCUT2D eigenvalue weighted by Gasteiger charge is 2.58. The summed E-state index contributed by atoms with van der Waals surface area (Å²) in [6, 6.07) is 16.0. The van der Waals surface area contributed by atoms with Crippen LogP contribution >= 0.6 is 11.8 Å². The average molecular weight is 362 g/mol. The Hall–Kier alpha value is -1.88. The van der Waals surface area contributed by atoms with Gasteiger partial charge in [0, 0.05) is 10.8 Å². The maximum Gasteiger partial charge on any atom is 0.338 e. The van der Waals surface area contributed by atoms with Crippen molar-refractivity contribution in [2.24, 2.45) is 5.92 Å². The molecule has 0 radical (unpaired) electrons. The quantitative estimate of drug-likeness (QED) is 0.685. The lowest BCUT2D eigenvalue weighted by atomic mass is 10.1. The van der Waals surface area contributed by atoms with E-state index in [9.17, 15) is 13.6 Å². The van der Waals surface area contributed by atoms with Gasteiger partial charge in [0.25, 0.3) is 5.92 Å². The molecule has 0 aliphatic heterocycles. The Morgan fingerprint density at radius 3 is 2.40 bits per heavy atom. The van der Waals surface area contributed by atoms with E-state index < -0.39 is 29.2 Å². The molecule has 2 nitrogen and oxygen atoms in total. The Bertz CT molecular complexity index is 731. The summed E-state index contributed by atoms with van der Waals surface area (Å²) >= 11 is 1.35. The van der Waals surface area contributed by atoms with Crippen LogP contribution in [0.2, 0.25) is 0 Å². The number of benzene rings is 2. The predicted octanol–water partition coefficient (Wildman–Crippen LogP) is 5.36. The number of ether oxygens (including phenoxy) is 1. The first-order chi connectivity index (χ1) is 11.9. The number of thioether (sulfide) groups is 1. The van der Waals surface area contributed by atoms with Crippen LogP contribution in [0, 0.1) is 12.8 Å².